The molecule has 3 rings (SSSR count). The molecular formula is C16H15N2OP. The number of hydrogen-bond donors (Lipinski definition) is 0. The van der Waals surface area contributed by atoms with E-state index >= 15 is 0 Å². The quantitative estimate of drug-likeness (QED) is 0.542. The van der Waals surface area contributed by atoms with Crippen molar-refractivity contribution in [3.8, 4) is 0 Å². The van der Waals surface area contributed by atoms with Crippen molar-refractivity contribution in [3.05, 3.63) is 65.9 Å². The number of rotatable bonds is 4. The minimum absolute atomic E-state index is 0.143. The summed E-state index contributed by atoms with van der Waals surface area (Å²) in [6, 6.07) is 15.6. The summed E-state index contributed by atoms with van der Waals surface area (Å²) in [5.41, 5.74) is 2.88. The van der Waals surface area contributed by atoms with Crippen molar-refractivity contribution in [1.29, 1.82) is 0 Å². The maximum Gasteiger partial charge on any atom is 0.167 e. The molecule has 3 nitrogen and oxygen atoms in total. The van der Waals surface area contributed by atoms with Crippen molar-refractivity contribution in [2.24, 2.45) is 0 Å². The molecule has 4 heteroatoms. The van der Waals surface area contributed by atoms with E-state index in [0.29, 0.717) is 15.2 Å². The van der Waals surface area contributed by atoms with Crippen molar-refractivity contribution in [1.82, 2.24) is 9.55 Å². The van der Waals surface area contributed by atoms with Crippen LogP contribution in [0.5, 0.6) is 0 Å². The molecule has 0 spiro atoms. The fourth-order valence-corrected chi connectivity index (χ4v) is 2.89. The molecule has 0 aliphatic carbocycles. The van der Waals surface area contributed by atoms with Gasteiger partial charge in [0, 0.05) is 26.1 Å². The average Bonchev–Trinajstić information content (AvgIpc) is 2.90. The lowest BCUT2D eigenvalue weighted by Gasteiger charge is -2.03. The van der Waals surface area contributed by atoms with E-state index in [2.05, 4.69) is 11.8 Å². The number of benzene rings is 2. The van der Waals surface area contributed by atoms with Crippen molar-refractivity contribution >= 4 is 25.4 Å². The number of nitrogens with zero attached hydrogens (tertiary/aromatic N) is 2. The second-order valence-electron chi connectivity index (χ2n) is 4.64. The first-order chi connectivity index (χ1) is 9.78. The van der Waals surface area contributed by atoms with Crippen LogP contribution >= 0.6 is 8.73 Å². The summed E-state index contributed by atoms with van der Waals surface area (Å²) >= 11 is 0. The van der Waals surface area contributed by atoms with Crippen LogP contribution in [0.1, 0.15) is 15.9 Å². The smallest absolute Gasteiger partial charge is 0.167 e. The van der Waals surface area contributed by atoms with Gasteiger partial charge in [0.25, 0.3) is 0 Å². The Labute approximate surface area is 119 Å². The lowest BCUT2D eigenvalue weighted by atomic mass is 10.0. The number of carbonyl (C=O) groups is 1. The molecule has 20 heavy (non-hydrogen) atoms. The highest BCUT2D eigenvalue weighted by Gasteiger charge is 2.09. The van der Waals surface area contributed by atoms with Gasteiger partial charge in [0.1, 0.15) is 0 Å². The molecule has 0 radical (unpaired) electrons. The number of hydrogen-bond acceptors (Lipinski definition) is 2. The van der Waals surface area contributed by atoms with Gasteiger partial charge >= 0.3 is 0 Å². The maximum absolute atomic E-state index is 12.3. The largest absolute Gasteiger partial charge is 0.294 e. The van der Waals surface area contributed by atoms with Gasteiger partial charge in [-0.15, -0.1) is 0 Å². The van der Waals surface area contributed by atoms with E-state index in [9.17, 15) is 4.79 Å². The van der Waals surface area contributed by atoms with E-state index in [0.717, 1.165) is 22.0 Å². The third-order valence-electron chi connectivity index (χ3n) is 3.31. The van der Waals surface area contributed by atoms with Crippen LogP contribution in [-0.2, 0) is 6.42 Å². The van der Waals surface area contributed by atoms with E-state index in [4.69, 9.17) is 0 Å². The first-order valence-electron chi connectivity index (χ1n) is 6.50. The molecule has 0 aliphatic heterocycles. The molecule has 0 amide bonds. The minimum atomic E-state index is 0.143. The monoisotopic (exact) mass is 282 g/mol. The van der Waals surface area contributed by atoms with Crippen LogP contribution in [-0.4, -0.2) is 22.0 Å². The maximum atomic E-state index is 12.3. The Morgan fingerprint density at radius 2 is 2.00 bits per heavy atom. The Morgan fingerprint density at radius 1 is 1.20 bits per heavy atom. The van der Waals surface area contributed by atoms with Crippen LogP contribution in [0.3, 0.4) is 0 Å². The second-order valence-corrected chi connectivity index (χ2v) is 5.51. The standard InChI is InChI=1S/C16H15N2OP/c1-20-18-15-8-7-13(10-14(15)11-17-18)16(19)9-12-5-3-2-4-6-12/h2-8,10-11,20H,9H2,1H3. The van der Waals surface area contributed by atoms with Gasteiger partial charge < -0.3 is 0 Å². The van der Waals surface area contributed by atoms with E-state index < -0.39 is 0 Å². The van der Waals surface area contributed by atoms with Crippen LogP contribution in [0, 0.1) is 0 Å². The molecule has 3 aromatic rings. The van der Waals surface area contributed by atoms with E-state index in [-0.39, 0.29) is 5.78 Å². The van der Waals surface area contributed by atoms with Crippen molar-refractivity contribution in [2.45, 2.75) is 6.42 Å². The number of carbonyl (C=O) groups excluding carboxylic acids is 1. The summed E-state index contributed by atoms with van der Waals surface area (Å²) < 4.78 is 1.96. The lowest BCUT2D eigenvalue weighted by molar-refractivity contribution is 0.0993. The molecule has 0 saturated carbocycles. The second kappa shape index (κ2) is 5.56. The van der Waals surface area contributed by atoms with Gasteiger partial charge in [-0.05, 0) is 30.4 Å². The highest BCUT2D eigenvalue weighted by atomic mass is 31.1. The highest BCUT2D eigenvalue weighted by Crippen LogP contribution is 2.21. The molecule has 100 valence electrons. The molecule has 0 N–H and O–H groups in total. The highest BCUT2D eigenvalue weighted by molar-refractivity contribution is 7.35. The number of ketones is 1. The molecule has 2 aromatic carbocycles. The zero-order chi connectivity index (χ0) is 13.9. The summed E-state index contributed by atoms with van der Waals surface area (Å²) in [5.74, 6) is 0.143. The number of aromatic nitrogens is 2. The molecule has 1 heterocycles. The molecular weight excluding hydrogens is 267 g/mol. The lowest BCUT2D eigenvalue weighted by Crippen LogP contribution is -2.03. The van der Waals surface area contributed by atoms with Crippen molar-refractivity contribution in [3.63, 3.8) is 0 Å². The van der Waals surface area contributed by atoms with Gasteiger partial charge in [-0.3, -0.25) is 4.79 Å². The SMILES string of the molecule is CPn1ncc2cc(C(=O)Cc3ccccc3)ccc21. The van der Waals surface area contributed by atoms with Gasteiger partial charge in [-0.25, -0.2) is 4.45 Å². The number of fused-ring (bicyclic) bond motifs is 1. The van der Waals surface area contributed by atoms with E-state index in [1.807, 2.05) is 59.2 Å². The molecule has 0 bridgehead atoms. The molecule has 1 aromatic heterocycles. The zero-order valence-electron chi connectivity index (χ0n) is 11.2. The van der Waals surface area contributed by atoms with Crippen molar-refractivity contribution in [2.75, 3.05) is 6.66 Å². The molecule has 1 atom stereocenters. The van der Waals surface area contributed by atoms with Gasteiger partial charge in [-0.1, -0.05) is 30.3 Å². The zero-order valence-corrected chi connectivity index (χ0v) is 12.2. The van der Waals surface area contributed by atoms with Crippen LogP contribution in [0.25, 0.3) is 10.9 Å². The Morgan fingerprint density at radius 3 is 2.75 bits per heavy atom. The molecule has 0 saturated heterocycles. The third kappa shape index (κ3) is 2.50. The van der Waals surface area contributed by atoms with Gasteiger partial charge in [-0.2, -0.15) is 5.10 Å². The molecule has 1 unspecified atom stereocenters. The fraction of sp³-hybridized carbons (Fsp3) is 0.125. The Bertz CT molecular complexity index is 750. The summed E-state index contributed by atoms with van der Waals surface area (Å²) in [6.07, 6.45) is 2.27. The summed E-state index contributed by atoms with van der Waals surface area (Å²) in [7, 11) is 0.598. The van der Waals surface area contributed by atoms with Crippen LogP contribution < -0.4 is 0 Å². The predicted molar refractivity (Wildman–Crippen MR) is 83.8 cm³/mol. The average molecular weight is 282 g/mol. The molecule has 0 fully saturated rings. The normalized spacial score (nSPS) is 11.4. The molecule has 0 aliphatic rings. The minimum Gasteiger partial charge on any atom is -0.294 e. The Kier molecular flexibility index (Phi) is 3.62. The topological polar surface area (TPSA) is 34.9 Å². The summed E-state index contributed by atoms with van der Waals surface area (Å²) in [4.78, 5) is 12.3. The van der Waals surface area contributed by atoms with Crippen molar-refractivity contribution < 1.29 is 4.79 Å². The summed E-state index contributed by atoms with van der Waals surface area (Å²) in [6.45, 7) is 2.08. The Hall–Kier alpha value is -1.99. The van der Waals surface area contributed by atoms with E-state index in [1.165, 1.54) is 0 Å². The fourth-order valence-electron chi connectivity index (χ4n) is 2.27. The predicted octanol–water partition coefficient (Wildman–Crippen LogP) is 3.53. The van der Waals surface area contributed by atoms with Gasteiger partial charge in [0.05, 0.1) is 11.7 Å². The number of Topliss-reactive ketones (excluding diaryl/α,β-unsaturated/α-hetero) is 1. The van der Waals surface area contributed by atoms with Gasteiger partial charge in [0.2, 0.25) is 0 Å². The summed E-state index contributed by atoms with van der Waals surface area (Å²) in [5, 5.41) is 5.34. The first kappa shape index (κ1) is 13.0. The first-order valence-corrected chi connectivity index (χ1v) is 7.95. The van der Waals surface area contributed by atoms with Crippen LogP contribution in [0.15, 0.2) is 54.7 Å². The van der Waals surface area contributed by atoms with E-state index in [1.54, 1.807) is 0 Å². The third-order valence-corrected chi connectivity index (χ3v) is 4.09. The van der Waals surface area contributed by atoms with Gasteiger partial charge in [0.15, 0.2) is 5.78 Å². The van der Waals surface area contributed by atoms with Crippen LogP contribution in [0.2, 0.25) is 0 Å². The Balaban J connectivity index is 1.88. The van der Waals surface area contributed by atoms with Crippen LogP contribution in [0.4, 0.5) is 0 Å².